The molecule has 21 heavy (non-hydrogen) atoms. The minimum Gasteiger partial charge on any atom is -0.488 e. The van der Waals surface area contributed by atoms with E-state index < -0.39 is 0 Å². The van der Waals surface area contributed by atoms with Crippen molar-refractivity contribution in [2.45, 2.75) is 40.8 Å². The molecule has 0 aliphatic heterocycles. The van der Waals surface area contributed by atoms with Crippen molar-refractivity contribution in [2.75, 3.05) is 6.54 Å². The largest absolute Gasteiger partial charge is 0.488 e. The van der Waals surface area contributed by atoms with Gasteiger partial charge in [0.25, 0.3) is 0 Å². The molecule has 1 aromatic heterocycles. The number of benzene rings is 1. The first kappa shape index (κ1) is 15.6. The lowest BCUT2D eigenvalue weighted by atomic mass is 10.1. The number of nitrogens with one attached hydrogen (secondary N) is 1. The Morgan fingerprint density at radius 3 is 2.67 bits per heavy atom. The highest BCUT2D eigenvalue weighted by Gasteiger charge is 2.11. The lowest BCUT2D eigenvalue weighted by molar-refractivity contribution is 0.297. The number of nitrogens with zero attached hydrogens (tertiary/aromatic N) is 1. The van der Waals surface area contributed by atoms with Crippen molar-refractivity contribution in [1.29, 1.82) is 0 Å². The van der Waals surface area contributed by atoms with Gasteiger partial charge in [-0.05, 0) is 32.4 Å². The van der Waals surface area contributed by atoms with Crippen LogP contribution in [-0.4, -0.2) is 11.7 Å². The summed E-state index contributed by atoms with van der Waals surface area (Å²) in [5.41, 5.74) is 3.09. The highest BCUT2D eigenvalue weighted by atomic mass is 16.5. The van der Waals surface area contributed by atoms with Crippen molar-refractivity contribution in [3.8, 4) is 5.75 Å². The second-order valence-corrected chi connectivity index (χ2v) is 5.72. The molecule has 0 radical (unpaired) electrons. The normalized spacial score (nSPS) is 11.1. The number of rotatable bonds is 7. The van der Waals surface area contributed by atoms with Gasteiger partial charge in [0.2, 0.25) is 0 Å². The Labute approximate surface area is 126 Å². The first-order chi connectivity index (χ1) is 10.1. The van der Waals surface area contributed by atoms with Crippen molar-refractivity contribution in [1.82, 2.24) is 10.5 Å². The quantitative estimate of drug-likeness (QED) is 0.845. The zero-order valence-corrected chi connectivity index (χ0v) is 13.3. The summed E-state index contributed by atoms with van der Waals surface area (Å²) >= 11 is 0. The second-order valence-electron chi connectivity index (χ2n) is 5.72. The SMILES string of the molecule is Cc1noc(C)c1COc1ccccc1CNCC(C)C. The van der Waals surface area contributed by atoms with Gasteiger partial charge in [-0.3, -0.25) is 0 Å². The van der Waals surface area contributed by atoms with Crippen LogP contribution < -0.4 is 10.1 Å². The maximum absolute atomic E-state index is 5.96. The zero-order valence-electron chi connectivity index (χ0n) is 13.3. The molecule has 114 valence electrons. The van der Waals surface area contributed by atoms with Crippen LogP contribution in [-0.2, 0) is 13.2 Å². The van der Waals surface area contributed by atoms with Gasteiger partial charge < -0.3 is 14.6 Å². The summed E-state index contributed by atoms with van der Waals surface area (Å²) in [7, 11) is 0. The lowest BCUT2D eigenvalue weighted by Gasteiger charge is -2.13. The number of hydrogen-bond acceptors (Lipinski definition) is 4. The fourth-order valence-electron chi connectivity index (χ4n) is 2.14. The van der Waals surface area contributed by atoms with Gasteiger partial charge in [-0.1, -0.05) is 37.2 Å². The fourth-order valence-corrected chi connectivity index (χ4v) is 2.14. The van der Waals surface area contributed by atoms with Crippen molar-refractivity contribution < 1.29 is 9.26 Å². The summed E-state index contributed by atoms with van der Waals surface area (Å²) in [4.78, 5) is 0. The van der Waals surface area contributed by atoms with Gasteiger partial charge in [-0.25, -0.2) is 0 Å². The van der Waals surface area contributed by atoms with Gasteiger partial charge in [-0.15, -0.1) is 0 Å². The maximum Gasteiger partial charge on any atom is 0.140 e. The molecule has 0 atom stereocenters. The Balaban J connectivity index is 1.99. The maximum atomic E-state index is 5.96. The van der Waals surface area contributed by atoms with E-state index in [1.54, 1.807) is 0 Å². The highest BCUT2D eigenvalue weighted by molar-refractivity contribution is 5.33. The van der Waals surface area contributed by atoms with Gasteiger partial charge in [-0.2, -0.15) is 0 Å². The van der Waals surface area contributed by atoms with Crippen LogP contribution in [0.5, 0.6) is 5.75 Å². The Morgan fingerprint density at radius 2 is 2.00 bits per heavy atom. The molecule has 1 aromatic carbocycles. The van der Waals surface area contributed by atoms with Gasteiger partial charge in [0.05, 0.1) is 11.3 Å². The van der Waals surface area contributed by atoms with Crippen LogP contribution in [0.3, 0.4) is 0 Å². The Morgan fingerprint density at radius 1 is 1.24 bits per heavy atom. The number of aromatic nitrogens is 1. The molecule has 2 aromatic rings. The Hall–Kier alpha value is -1.81. The molecular formula is C17H24N2O2. The summed E-state index contributed by atoms with van der Waals surface area (Å²) < 4.78 is 11.1. The summed E-state index contributed by atoms with van der Waals surface area (Å²) in [6.07, 6.45) is 0. The monoisotopic (exact) mass is 288 g/mol. The van der Waals surface area contributed by atoms with Gasteiger partial charge in [0.15, 0.2) is 0 Å². The van der Waals surface area contributed by atoms with Crippen molar-refractivity contribution in [2.24, 2.45) is 5.92 Å². The van der Waals surface area contributed by atoms with Crippen molar-refractivity contribution in [3.63, 3.8) is 0 Å². The number of ether oxygens (including phenoxy) is 1. The zero-order chi connectivity index (χ0) is 15.2. The number of aryl methyl sites for hydroxylation is 2. The third kappa shape index (κ3) is 4.33. The summed E-state index contributed by atoms with van der Waals surface area (Å²) in [6.45, 7) is 10.6. The average Bonchev–Trinajstić information content (AvgIpc) is 2.77. The van der Waals surface area contributed by atoms with E-state index >= 15 is 0 Å². The van der Waals surface area contributed by atoms with E-state index in [0.717, 1.165) is 35.9 Å². The van der Waals surface area contributed by atoms with Crippen molar-refractivity contribution >= 4 is 0 Å². The van der Waals surface area contributed by atoms with Crippen LogP contribution in [0, 0.1) is 19.8 Å². The molecule has 0 bridgehead atoms. The summed E-state index contributed by atoms with van der Waals surface area (Å²) in [6, 6.07) is 8.13. The molecular weight excluding hydrogens is 264 g/mol. The van der Waals surface area contributed by atoms with E-state index in [1.807, 2.05) is 32.0 Å². The highest BCUT2D eigenvalue weighted by Crippen LogP contribution is 2.21. The molecule has 1 N–H and O–H groups in total. The van der Waals surface area contributed by atoms with E-state index in [9.17, 15) is 0 Å². The molecule has 0 aliphatic rings. The predicted octanol–water partition coefficient (Wildman–Crippen LogP) is 3.62. The predicted molar refractivity (Wildman–Crippen MR) is 83.3 cm³/mol. The minimum atomic E-state index is 0.488. The van der Waals surface area contributed by atoms with Crippen LogP contribution >= 0.6 is 0 Å². The third-order valence-electron chi connectivity index (χ3n) is 3.39. The van der Waals surface area contributed by atoms with Crippen LogP contribution in [0.2, 0.25) is 0 Å². The molecule has 0 amide bonds. The van der Waals surface area contributed by atoms with E-state index in [0.29, 0.717) is 12.5 Å². The first-order valence-electron chi connectivity index (χ1n) is 7.41. The molecule has 2 rings (SSSR count). The minimum absolute atomic E-state index is 0.488. The standard InChI is InChI=1S/C17H24N2O2/c1-12(2)9-18-10-15-7-5-6-8-17(15)20-11-16-13(3)19-21-14(16)4/h5-8,12,18H,9-11H2,1-4H3. The molecule has 0 aliphatic carbocycles. The smallest absolute Gasteiger partial charge is 0.140 e. The number of para-hydroxylation sites is 1. The van der Waals surface area contributed by atoms with Crippen LogP contribution in [0.1, 0.15) is 36.4 Å². The first-order valence-corrected chi connectivity index (χ1v) is 7.41. The van der Waals surface area contributed by atoms with Crippen LogP contribution in [0.4, 0.5) is 0 Å². The second kappa shape index (κ2) is 7.27. The average molecular weight is 288 g/mol. The van der Waals surface area contributed by atoms with E-state index in [1.165, 1.54) is 5.56 Å². The third-order valence-corrected chi connectivity index (χ3v) is 3.39. The topological polar surface area (TPSA) is 47.3 Å². The molecule has 0 unspecified atom stereocenters. The van der Waals surface area contributed by atoms with Gasteiger partial charge in [0.1, 0.15) is 18.1 Å². The Bertz CT molecular complexity index is 556. The molecule has 1 heterocycles. The molecule has 4 heteroatoms. The fraction of sp³-hybridized carbons (Fsp3) is 0.471. The van der Waals surface area contributed by atoms with E-state index in [2.05, 4.69) is 30.4 Å². The molecule has 0 spiro atoms. The van der Waals surface area contributed by atoms with Gasteiger partial charge in [0, 0.05) is 12.1 Å². The summed E-state index contributed by atoms with van der Waals surface area (Å²) in [5, 5.41) is 7.40. The molecule has 0 fully saturated rings. The lowest BCUT2D eigenvalue weighted by Crippen LogP contribution is -2.19. The Kier molecular flexibility index (Phi) is 5.39. The van der Waals surface area contributed by atoms with Gasteiger partial charge >= 0.3 is 0 Å². The van der Waals surface area contributed by atoms with Crippen LogP contribution in [0.25, 0.3) is 0 Å². The van der Waals surface area contributed by atoms with E-state index in [4.69, 9.17) is 9.26 Å². The van der Waals surface area contributed by atoms with E-state index in [-0.39, 0.29) is 0 Å². The van der Waals surface area contributed by atoms with Crippen LogP contribution in [0.15, 0.2) is 28.8 Å². The molecule has 4 nitrogen and oxygen atoms in total. The molecule has 0 saturated carbocycles. The number of hydrogen-bond donors (Lipinski definition) is 1. The summed E-state index contributed by atoms with van der Waals surface area (Å²) in [5.74, 6) is 2.37. The molecule has 0 saturated heterocycles. The van der Waals surface area contributed by atoms with Crippen molar-refractivity contribution in [3.05, 3.63) is 46.8 Å².